The van der Waals surface area contributed by atoms with Crippen molar-refractivity contribution >= 4 is 33.3 Å². The molecule has 0 spiro atoms. The summed E-state index contributed by atoms with van der Waals surface area (Å²) in [6.07, 6.45) is 2.87. The van der Waals surface area contributed by atoms with Crippen LogP contribution < -0.4 is 10.1 Å². The molecule has 0 aliphatic carbocycles. The Morgan fingerprint density at radius 2 is 2.03 bits per heavy atom. The Labute approximate surface area is 172 Å². The molecule has 9 nitrogen and oxygen atoms in total. The zero-order valence-corrected chi connectivity index (χ0v) is 17.5. The van der Waals surface area contributed by atoms with Gasteiger partial charge in [-0.15, -0.1) is 0 Å². The number of alkyl carbamates (subject to hydrolysis) is 1. The third kappa shape index (κ3) is 6.87. The molecule has 2 aromatic rings. The maximum Gasteiger partial charge on any atom is 0.407 e. The van der Waals surface area contributed by atoms with Crippen LogP contribution in [-0.4, -0.2) is 34.8 Å². The maximum atomic E-state index is 11.5. The first-order valence-corrected chi connectivity index (χ1v) is 10.1. The number of nitro groups is 1. The van der Waals surface area contributed by atoms with Crippen LogP contribution in [0.25, 0.3) is 10.2 Å². The van der Waals surface area contributed by atoms with E-state index in [2.05, 4.69) is 10.3 Å². The minimum atomic E-state index is -0.512. The summed E-state index contributed by atoms with van der Waals surface area (Å²) in [4.78, 5) is 26.5. The fourth-order valence-corrected chi connectivity index (χ4v) is 3.44. The Balaban J connectivity index is 1.75. The molecule has 0 fully saturated rings. The van der Waals surface area contributed by atoms with Gasteiger partial charge in [0.2, 0.25) is 0 Å². The number of hydrogen-bond donors (Lipinski definition) is 1. The Morgan fingerprint density at radius 3 is 2.69 bits per heavy atom. The van der Waals surface area contributed by atoms with Gasteiger partial charge in [0, 0.05) is 6.54 Å². The van der Waals surface area contributed by atoms with Crippen LogP contribution in [0.2, 0.25) is 0 Å². The van der Waals surface area contributed by atoms with Crippen LogP contribution in [0.4, 0.5) is 10.5 Å². The molecule has 0 radical (unpaired) electrons. The standard InChI is InChI=1S/C19H24N4O5S/c1-19(2,3)28-18(24)21-10-6-4-5-7-11-27-14-9-8-13-17(16(14)23(25)26)29-15(12-20)22-13/h8-9H,4-7,10-11H2,1-3H3,(H,21,24). The third-order valence-corrected chi connectivity index (χ3v) is 4.75. The van der Waals surface area contributed by atoms with E-state index < -0.39 is 16.6 Å². The van der Waals surface area contributed by atoms with Gasteiger partial charge in [-0.1, -0.05) is 24.2 Å². The van der Waals surface area contributed by atoms with Crippen LogP contribution in [0.5, 0.6) is 5.75 Å². The number of nitriles is 1. The molecule has 0 aliphatic heterocycles. The molecule has 29 heavy (non-hydrogen) atoms. The number of nitrogens with one attached hydrogen (secondary N) is 1. The predicted octanol–water partition coefficient (Wildman–Crippen LogP) is 4.54. The van der Waals surface area contributed by atoms with Crippen molar-refractivity contribution in [2.45, 2.75) is 52.1 Å². The molecule has 10 heteroatoms. The Morgan fingerprint density at radius 1 is 1.31 bits per heavy atom. The highest BCUT2D eigenvalue weighted by Crippen LogP contribution is 2.38. The van der Waals surface area contributed by atoms with Gasteiger partial charge in [0.15, 0.2) is 10.8 Å². The average molecular weight is 420 g/mol. The van der Waals surface area contributed by atoms with Crippen molar-refractivity contribution in [3.8, 4) is 11.8 Å². The second-order valence-corrected chi connectivity index (χ2v) is 8.34. The average Bonchev–Trinajstić information content (AvgIpc) is 3.04. The number of hydrogen-bond acceptors (Lipinski definition) is 8. The van der Waals surface area contributed by atoms with Crippen LogP contribution in [-0.2, 0) is 4.74 Å². The smallest absolute Gasteiger partial charge is 0.407 e. The van der Waals surface area contributed by atoms with E-state index in [0.717, 1.165) is 37.0 Å². The maximum absolute atomic E-state index is 11.5. The first-order chi connectivity index (χ1) is 13.7. The van der Waals surface area contributed by atoms with Gasteiger partial charge in [-0.2, -0.15) is 5.26 Å². The van der Waals surface area contributed by atoms with Gasteiger partial charge in [-0.05, 0) is 45.7 Å². The first-order valence-electron chi connectivity index (χ1n) is 9.29. The van der Waals surface area contributed by atoms with E-state index in [4.69, 9.17) is 14.7 Å². The SMILES string of the molecule is CC(C)(C)OC(=O)NCCCCCCOc1ccc2nc(C#N)sc2c1[N+](=O)[O-]. The molecule has 1 aromatic heterocycles. The molecule has 0 saturated carbocycles. The number of thiazole rings is 1. The molecular formula is C19H24N4O5S. The van der Waals surface area contributed by atoms with Crippen LogP contribution in [0.1, 0.15) is 51.5 Å². The molecule has 0 aliphatic rings. The van der Waals surface area contributed by atoms with E-state index in [9.17, 15) is 14.9 Å². The first kappa shape index (κ1) is 22.4. The molecule has 1 heterocycles. The normalized spacial score (nSPS) is 11.1. The van der Waals surface area contributed by atoms with Crippen LogP contribution >= 0.6 is 11.3 Å². The van der Waals surface area contributed by atoms with E-state index >= 15 is 0 Å². The van der Waals surface area contributed by atoms with Gasteiger partial charge in [0.25, 0.3) is 0 Å². The third-order valence-electron chi connectivity index (χ3n) is 3.77. The monoisotopic (exact) mass is 420 g/mol. The van der Waals surface area contributed by atoms with Crippen LogP contribution in [0.15, 0.2) is 12.1 Å². The van der Waals surface area contributed by atoms with Crippen molar-refractivity contribution in [2.75, 3.05) is 13.2 Å². The fraction of sp³-hybridized carbons (Fsp3) is 0.526. The summed E-state index contributed by atoms with van der Waals surface area (Å²) >= 11 is 0.986. The molecule has 1 aromatic carbocycles. The molecule has 1 N–H and O–H groups in total. The lowest BCUT2D eigenvalue weighted by molar-refractivity contribution is -0.383. The van der Waals surface area contributed by atoms with Crippen molar-refractivity contribution < 1.29 is 19.2 Å². The summed E-state index contributed by atoms with van der Waals surface area (Å²) < 4.78 is 11.1. The zero-order valence-electron chi connectivity index (χ0n) is 16.7. The predicted molar refractivity (Wildman–Crippen MR) is 109 cm³/mol. The van der Waals surface area contributed by atoms with Crippen molar-refractivity contribution in [1.29, 1.82) is 5.26 Å². The number of carbonyl (C=O) groups excluding carboxylic acids is 1. The van der Waals surface area contributed by atoms with Gasteiger partial charge < -0.3 is 14.8 Å². The van der Waals surface area contributed by atoms with Gasteiger partial charge >= 0.3 is 11.8 Å². The number of benzene rings is 1. The quantitative estimate of drug-likeness (QED) is 0.358. The summed E-state index contributed by atoms with van der Waals surface area (Å²) in [6, 6.07) is 5.05. The summed E-state index contributed by atoms with van der Waals surface area (Å²) in [5.41, 5.74) is -0.242. The molecular weight excluding hydrogens is 396 g/mol. The molecule has 0 unspecified atom stereocenters. The summed E-state index contributed by atoms with van der Waals surface area (Å²) in [6.45, 7) is 6.31. The number of rotatable bonds is 9. The number of aromatic nitrogens is 1. The fourth-order valence-electron chi connectivity index (χ4n) is 2.56. The van der Waals surface area contributed by atoms with Crippen molar-refractivity contribution in [3.05, 3.63) is 27.3 Å². The second-order valence-electron chi connectivity index (χ2n) is 7.34. The number of nitrogens with zero attached hydrogens (tertiary/aromatic N) is 3. The number of carbonyl (C=O) groups is 1. The lowest BCUT2D eigenvalue weighted by Crippen LogP contribution is -2.32. The van der Waals surface area contributed by atoms with Crippen molar-refractivity contribution in [3.63, 3.8) is 0 Å². The topological polar surface area (TPSA) is 127 Å². The highest BCUT2D eigenvalue weighted by atomic mass is 32.1. The largest absolute Gasteiger partial charge is 0.487 e. The van der Waals surface area contributed by atoms with E-state index in [0.29, 0.717) is 23.4 Å². The van der Waals surface area contributed by atoms with Gasteiger partial charge in [0.05, 0.1) is 17.0 Å². The molecule has 0 bridgehead atoms. The number of amides is 1. The summed E-state index contributed by atoms with van der Waals surface area (Å²) in [7, 11) is 0. The molecule has 0 atom stereocenters. The molecule has 156 valence electrons. The van der Waals surface area contributed by atoms with Crippen LogP contribution in [0, 0.1) is 21.4 Å². The van der Waals surface area contributed by atoms with Crippen molar-refractivity contribution in [1.82, 2.24) is 10.3 Å². The molecule has 0 saturated heterocycles. The Bertz CT molecular complexity index is 914. The van der Waals surface area contributed by atoms with Crippen LogP contribution in [0.3, 0.4) is 0 Å². The molecule has 2 rings (SSSR count). The van der Waals surface area contributed by atoms with E-state index in [1.165, 1.54) is 6.07 Å². The van der Waals surface area contributed by atoms with E-state index in [1.807, 2.05) is 26.8 Å². The zero-order chi connectivity index (χ0) is 21.4. The van der Waals surface area contributed by atoms with Crippen molar-refractivity contribution in [2.24, 2.45) is 0 Å². The summed E-state index contributed by atoms with van der Waals surface area (Å²) in [5.74, 6) is 0.183. The van der Waals surface area contributed by atoms with Gasteiger partial charge in [-0.3, -0.25) is 10.1 Å². The Hall–Kier alpha value is -2.93. The number of nitro benzene ring substituents is 1. The number of unbranched alkanes of at least 4 members (excludes halogenated alkanes) is 3. The van der Waals surface area contributed by atoms with E-state index in [1.54, 1.807) is 6.07 Å². The minimum Gasteiger partial charge on any atom is -0.487 e. The highest BCUT2D eigenvalue weighted by molar-refractivity contribution is 7.19. The lowest BCUT2D eigenvalue weighted by atomic mass is 10.2. The van der Waals surface area contributed by atoms with E-state index in [-0.39, 0.29) is 16.4 Å². The summed E-state index contributed by atoms with van der Waals surface area (Å²) in [5, 5.41) is 23.3. The number of fused-ring (bicyclic) bond motifs is 1. The second kappa shape index (κ2) is 10.0. The highest BCUT2D eigenvalue weighted by Gasteiger charge is 2.23. The minimum absolute atomic E-state index is 0.150. The Kier molecular flexibility index (Phi) is 7.73. The lowest BCUT2D eigenvalue weighted by Gasteiger charge is -2.19. The van der Waals surface area contributed by atoms with Gasteiger partial charge in [0.1, 0.15) is 16.4 Å². The number of ether oxygens (including phenoxy) is 2. The molecule has 1 amide bonds. The van der Waals surface area contributed by atoms with Gasteiger partial charge in [-0.25, -0.2) is 9.78 Å².